The van der Waals surface area contributed by atoms with Gasteiger partial charge in [0.1, 0.15) is 5.82 Å². The number of carbonyl (C=O) groups excluding carboxylic acids is 1. The molecule has 3 aromatic rings. The molecule has 0 amide bonds. The van der Waals surface area contributed by atoms with Crippen molar-refractivity contribution < 1.29 is 19.1 Å². The predicted octanol–water partition coefficient (Wildman–Crippen LogP) is 4.71. The number of hydrogen-bond acceptors (Lipinski definition) is 5. The Morgan fingerprint density at radius 1 is 1.03 bits per heavy atom. The standard InChI is InChI=1S/C22H20FN3O3/c1-22(2,20(28)29)11-19(27)15-8-6-14(7-9-15)16-12-24-21(25-13-16)26-18-5-3-4-17(23)10-18/h3-10,12-13H,11H2,1-2H3,(H,28,29)(H,24,25,26). The molecule has 2 N–H and O–H groups in total. The van der Waals surface area contributed by atoms with E-state index in [9.17, 15) is 14.0 Å². The molecule has 29 heavy (non-hydrogen) atoms. The fourth-order valence-corrected chi connectivity index (χ4v) is 2.66. The summed E-state index contributed by atoms with van der Waals surface area (Å²) >= 11 is 0. The van der Waals surface area contributed by atoms with Crippen molar-refractivity contribution in [3.63, 3.8) is 0 Å². The molecule has 0 radical (unpaired) electrons. The van der Waals surface area contributed by atoms with Gasteiger partial charge in [-0.1, -0.05) is 30.3 Å². The van der Waals surface area contributed by atoms with Crippen molar-refractivity contribution in [2.24, 2.45) is 5.41 Å². The molecule has 1 aromatic heterocycles. The molecule has 2 aromatic carbocycles. The molecule has 0 unspecified atom stereocenters. The van der Waals surface area contributed by atoms with E-state index in [1.54, 1.807) is 48.8 Å². The Morgan fingerprint density at radius 2 is 1.69 bits per heavy atom. The smallest absolute Gasteiger partial charge is 0.309 e. The highest BCUT2D eigenvalue weighted by Gasteiger charge is 2.30. The van der Waals surface area contributed by atoms with Crippen LogP contribution in [-0.4, -0.2) is 26.8 Å². The van der Waals surface area contributed by atoms with Gasteiger partial charge in [-0.3, -0.25) is 9.59 Å². The van der Waals surface area contributed by atoms with E-state index in [2.05, 4.69) is 15.3 Å². The first-order valence-corrected chi connectivity index (χ1v) is 8.96. The summed E-state index contributed by atoms with van der Waals surface area (Å²) in [4.78, 5) is 32.0. The van der Waals surface area contributed by atoms with Crippen molar-refractivity contribution in [1.29, 1.82) is 0 Å². The molecule has 6 nitrogen and oxygen atoms in total. The van der Waals surface area contributed by atoms with Crippen LogP contribution in [0.2, 0.25) is 0 Å². The number of benzene rings is 2. The van der Waals surface area contributed by atoms with Gasteiger partial charge in [0.15, 0.2) is 5.78 Å². The Balaban J connectivity index is 1.70. The summed E-state index contributed by atoms with van der Waals surface area (Å²) in [6.07, 6.45) is 3.17. The average molecular weight is 393 g/mol. The van der Waals surface area contributed by atoms with Gasteiger partial charge in [-0.25, -0.2) is 14.4 Å². The van der Waals surface area contributed by atoms with Crippen molar-refractivity contribution >= 4 is 23.4 Å². The molecule has 0 aliphatic heterocycles. The van der Waals surface area contributed by atoms with Crippen LogP contribution in [0.15, 0.2) is 60.9 Å². The Kier molecular flexibility index (Phi) is 5.68. The summed E-state index contributed by atoms with van der Waals surface area (Å²) in [6.45, 7) is 3.05. The first kappa shape index (κ1) is 20.1. The second-order valence-electron chi connectivity index (χ2n) is 7.30. The van der Waals surface area contributed by atoms with Crippen molar-refractivity contribution in [3.8, 4) is 11.1 Å². The van der Waals surface area contributed by atoms with Crippen LogP contribution in [-0.2, 0) is 4.79 Å². The van der Waals surface area contributed by atoms with E-state index < -0.39 is 11.4 Å². The van der Waals surface area contributed by atoms with E-state index in [4.69, 9.17) is 5.11 Å². The van der Waals surface area contributed by atoms with Crippen molar-refractivity contribution in [2.45, 2.75) is 20.3 Å². The number of carboxylic acid groups (broad SMARTS) is 1. The highest BCUT2D eigenvalue weighted by Crippen LogP contribution is 2.25. The maximum Gasteiger partial charge on any atom is 0.309 e. The summed E-state index contributed by atoms with van der Waals surface area (Å²) in [5.41, 5.74) is 1.45. The minimum atomic E-state index is -1.12. The van der Waals surface area contributed by atoms with E-state index in [1.807, 2.05) is 0 Å². The second-order valence-corrected chi connectivity index (χ2v) is 7.30. The van der Waals surface area contributed by atoms with Gasteiger partial charge in [0, 0.05) is 35.6 Å². The molecule has 0 saturated heterocycles. The third-order valence-electron chi connectivity index (χ3n) is 4.45. The molecule has 3 rings (SSSR count). The highest BCUT2D eigenvalue weighted by molar-refractivity contribution is 5.99. The van der Waals surface area contributed by atoms with E-state index in [1.165, 1.54) is 26.0 Å². The Morgan fingerprint density at radius 3 is 2.28 bits per heavy atom. The first-order chi connectivity index (χ1) is 13.7. The maximum atomic E-state index is 13.2. The molecule has 7 heteroatoms. The second kappa shape index (κ2) is 8.18. The van der Waals surface area contributed by atoms with Gasteiger partial charge in [0.05, 0.1) is 5.41 Å². The summed E-state index contributed by atoms with van der Waals surface area (Å²) in [7, 11) is 0. The van der Waals surface area contributed by atoms with E-state index in [0.29, 0.717) is 17.2 Å². The number of aromatic nitrogens is 2. The van der Waals surface area contributed by atoms with Crippen molar-refractivity contribution in [2.75, 3.05) is 5.32 Å². The van der Waals surface area contributed by atoms with E-state index >= 15 is 0 Å². The maximum absolute atomic E-state index is 13.2. The number of rotatable bonds is 7. The van der Waals surface area contributed by atoms with Gasteiger partial charge >= 0.3 is 5.97 Å². The number of nitrogens with zero attached hydrogens (tertiary/aromatic N) is 2. The van der Waals surface area contributed by atoms with E-state index in [0.717, 1.165) is 11.1 Å². The monoisotopic (exact) mass is 393 g/mol. The number of aliphatic carboxylic acids is 1. The average Bonchev–Trinajstić information content (AvgIpc) is 2.68. The van der Waals surface area contributed by atoms with Crippen LogP contribution >= 0.6 is 0 Å². The SMILES string of the molecule is CC(C)(CC(=O)c1ccc(-c2cnc(Nc3cccc(F)c3)nc2)cc1)C(=O)O. The zero-order valence-electron chi connectivity index (χ0n) is 16.0. The molecule has 0 bridgehead atoms. The van der Waals surface area contributed by atoms with Gasteiger partial charge in [0.2, 0.25) is 5.95 Å². The lowest BCUT2D eigenvalue weighted by molar-refractivity contribution is -0.146. The third kappa shape index (κ3) is 5.01. The zero-order chi connectivity index (χ0) is 21.0. The molecule has 0 saturated carbocycles. The molecule has 1 heterocycles. The number of carboxylic acids is 1. The Hall–Kier alpha value is -3.61. The van der Waals surface area contributed by atoms with Crippen LogP contribution in [0.25, 0.3) is 11.1 Å². The minimum Gasteiger partial charge on any atom is -0.481 e. The zero-order valence-corrected chi connectivity index (χ0v) is 16.0. The summed E-state index contributed by atoms with van der Waals surface area (Å²) < 4.78 is 13.2. The highest BCUT2D eigenvalue weighted by atomic mass is 19.1. The van der Waals surface area contributed by atoms with Gasteiger partial charge in [0.25, 0.3) is 0 Å². The van der Waals surface area contributed by atoms with Crippen LogP contribution in [0.4, 0.5) is 16.0 Å². The number of ketones is 1. The molecule has 0 aliphatic carbocycles. The molecular weight excluding hydrogens is 373 g/mol. The third-order valence-corrected chi connectivity index (χ3v) is 4.45. The molecular formula is C22H20FN3O3. The van der Waals surface area contributed by atoms with E-state index in [-0.39, 0.29) is 18.0 Å². The summed E-state index contributed by atoms with van der Waals surface area (Å²) in [5, 5.41) is 12.1. The predicted molar refractivity (Wildman–Crippen MR) is 108 cm³/mol. The van der Waals surface area contributed by atoms with Gasteiger partial charge < -0.3 is 10.4 Å². The number of anilines is 2. The number of hydrogen-bond donors (Lipinski definition) is 2. The van der Waals surface area contributed by atoms with Gasteiger partial charge in [-0.2, -0.15) is 0 Å². The quantitative estimate of drug-likeness (QED) is 0.565. The van der Waals surface area contributed by atoms with Crippen LogP contribution in [0.3, 0.4) is 0 Å². The summed E-state index contributed by atoms with van der Waals surface area (Å²) in [5.74, 6) is -1.25. The fourth-order valence-electron chi connectivity index (χ4n) is 2.66. The number of carbonyl (C=O) groups is 2. The molecule has 0 fully saturated rings. The van der Waals surface area contributed by atoms with Crippen LogP contribution in [0.1, 0.15) is 30.6 Å². The fraction of sp³-hybridized carbons (Fsp3) is 0.182. The van der Waals surface area contributed by atoms with Crippen molar-refractivity contribution in [3.05, 3.63) is 72.3 Å². The first-order valence-electron chi connectivity index (χ1n) is 8.96. The van der Waals surface area contributed by atoms with Crippen LogP contribution < -0.4 is 5.32 Å². The Bertz CT molecular complexity index is 1030. The largest absolute Gasteiger partial charge is 0.481 e. The lowest BCUT2D eigenvalue weighted by atomic mass is 9.85. The summed E-state index contributed by atoms with van der Waals surface area (Å²) in [6, 6.07) is 12.8. The van der Waals surface area contributed by atoms with Crippen LogP contribution in [0, 0.1) is 11.2 Å². The molecule has 0 aliphatic rings. The molecule has 0 atom stereocenters. The lowest BCUT2D eigenvalue weighted by Gasteiger charge is -2.17. The van der Waals surface area contributed by atoms with Gasteiger partial charge in [-0.15, -0.1) is 0 Å². The topological polar surface area (TPSA) is 92.2 Å². The number of halogens is 1. The number of nitrogens with one attached hydrogen (secondary N) is 1. The molecule has 148 valence electrons. The number of Topliss-reactive ketones (excluding diaryl/α,β-unsaturated/α-hetero) is 1. The molecule has 0 spiro atoms. The van der Waals surface area contributed by atoms with Crippen LogP contribution in [0.5, 0.6) is 0 Å². The van der Waals surface area contributed by atoms with Gasteiger partial charge in [-0.05, 0) is 37.6 Å². The lowest BCUT2D eigenvalue weighted by Crippen LogP contribution is -2.26. The Labute approximate surface area is 167 Å². The van der Waals surface area contributed by atoms with Crippen molar-refractivity contribution in [1.82, 2.24) is 9.97 Å². The minimum absolute atomic E-state index is 0.0781. The normalized spacial score (nSPS) is 11.1.